The first-order valence-electron chi connectivity index (χ1n) is 5.81. The predicted molar refractivity (Wildman–Crippen MR) is 59.9 cm³/mol. The second kappa shape index (κ2) is 4.47. The minimum atomic E-state index is -0.267. The number of esters is 1. The maximum absolute atomic E-state index is 11.9. The van der Waals surface area contributed by atoms with Crippen LogP contribution in [0.5, 0.6) is 0 Å². The summed E-state index contributed by atoms with van der Waals surface area (Å²) < 4.78 is 15.4. The van der Waals surface area contributed by atoms with Gasteiger partial charge in [0.05, 0.1) is 24.9 Å². The fourth-order valence-electron chi connectivity index (χ4n) is 1.74. The Bertz CT molecular complexity index is 421. The zero-order valence-corrected chi connectivity index (χ0v) is 9.43. The third-order valence-corrected chi connectivity index (χ3v) is 2.89. The normalized spacial score (nSPS) is 25.4. The lowest BCUT2D eigenvalue weighted by molar-refractivity contribution is 0.0475. The van der Waals surface area contributed by atoms with E-state index in [0.717, 1.165) is 18.6 Å². The first-order valence-corrected chi connectivity index (χ1v) is 5.81. The SMILES string of the molecule is O=C(OCC1CO1)c1ccccc1CC1CO1. The van der Waals surface area contributed by atoms with E-state index in [2.05, 4.69) is 0 Å². The molecule has 2 saturated heterocycles. The molecule has 0 radical (unpaired) electrons. The van der Waals surface area contributed by atoms with Gasteiger partial charge in [-0.2, -0.15) is 0 Å². The summed E-state index contributed by atoms with van der Waals surface area (Å²) in [5.74, 6) is -0.267. The summed E-state index contributed by atoms with van der Waals surface area (Å²) in [4.78, 5) is 11.9. The van der Waals surface area contributed by atoms with E-state index in [9.17, 15) is 4.79 Å². The number of carbonyl (C=O) groups excluding carboxylic acids is 1. The Hall–Kier alpha value is -1.39. The summed E-state index contributed by atoms with van der Waals surface area (Å²) in [6.07, 6.45) is 1.17. The smallest absolute Gasteiger partial charge is 0.338 e. The lowest BCUT2D eigenvalue weighted by Crippen LogP contribution is -2.13. The molecular formula is C13H14O4. The second-order valence-electron chi connectivity index (χ2n) is 4.37. The zero-order valence-electron chi connectivity index (χ0n) is 9.43. The number of ether oxygens (including phenoxy) is 3. The Balaban J connectivity index is 1.67. The van der Waals surface area contributed by atoms with E-state index in [0.29, 0.717) is 18.8 Å². The molecule has 3 rings (SSSR count). The molecule has 17 heavy (non-hydrogen) atoms. The fraction of sp³-hybridized carbons (Fsp3) is 0.462. The third-order valence-electron chi connectivity index (χ3n) is 2.89. The van der Waals surface area contributed by atoms with Gasteiger partial charge in [-0.25, -0.2) is 4.79 Å². The van der Waals surface area contributed by atoms with E-state index in [-0.39, 0.29) is 18.2 Å². The Kier molecular flexibility index (Phi) is 2.82. The van der Waals surface area contributed by atoms with Crippen LogP contribution in [0.25, 0.3) is 0 Å². The summed E-state index contributed by atoms with van der Waals surface area (Å²) in [5, 5.41) is 0. The van der Waals surface area contributed by atoms with Crippen LogP contribution in [0.3, 0.4) is 0 Å². The highest BCUT2D eigenvalue weighted by atomic mass is 16.6. The predicted octanol–water partition coefficient (Wildman–Crippen LogP) is 1.18. The van der Waals surface area contributed by atoms with E-state index >= 15 is 0 Å². The molecule has 0 aliphatic carbocycles. The van der Waals surface area contributed by atoms with Gasteiger partial charge in [0, 0.05) is 6.42 Å². The van der Waals surface area contributed by atoms with Crippen LogP contribution in [-0.2, 0) is 20.6 Å². The van der Waals surface area contributed by atoms with Crippen molar-refractivity contribution >= 4 is 5.97 Å². The van der Waals surface area contributed by atoms with Crippen molar-refractivity contribution in [1.29, 1.82) is 0 Å². The number of hydrogen-bond donors (Lipinski definition) is 0. The highest BCUT2D eigenvalue weighted by Gasteiger charge is 2.27. The number of epoxide rings is 2. The standard InChI is InChI=1S/C13H14O4/c14-13(17-8-11-7-16-11)12-4-2-1-3-9(12)5-10-6-15-10/h1-4,10-11H,5-8H2. The Morgan fingerprint density at radius 1 is 1.24 bits per heavy atom. The molecule has 2 fully saturated rings. The highest BCUT2D eigenvalue weighted by Crippen LogP contribution is 2.20. The maximum atomic E-state index is 11.9. The van der Waals surface area contributed by atoms with Gasteiger partial charge in [-0.1, -0.05) is 18.2 Å². The minimum Gasteiger partial charge on any atom is -0.459 e. The van der Waals surface area contributed by atoms with Gasteiger partial charge < -0.3 is 14.2 Å². The molecule has 90 valence electrons. The lowest BCUT2D eigenvalue weighted by atomic mass is 10.0. The Labute approximate surface area is 99.5 Å². The number of benzene rings is 1. The van der Waals surface area contributed by atoms with Crippen LogP contribution < -0.4 is 0 Å². The first kappa shape index (κ1) is 10.7. The highest BCUT2D eigenvalue weighted by molar-refractivity contribution is 5.91. The molecule has 0 amide bonds. The Morgan fingerprint density at radius 3 is 2.65 bits per heavy atom. The van der Waals surface area contributed by atoms with Crippen LogP contribution in [0.4, 0.5) is 0 Å². The summed E-state index contributed by atoms with van der Waals surface area (Å²) in [5.41, 5.74) is 1.64. The molecule has 1 aromatic carbocycles. The van der Waals surface area contributed by atoms with Crippen molar-refractivity contribution in [3.63, 3.8) is 0 Å². The quantitative estimate of drug-likeness (QED) is 0.567. The van der Waals surface area contributed by atoms with Gasteiger partial charge in [-0.05, 0) is 11.6 Å². The van der Waals surface area contributed by atoms with Crippen molar-refractivity contribution in [2.24, 2.45) is 0 Å². The molecule has 1 aromatic rings. The summed E-state index contributed by atoms with van der Waals surface area (Å²) in [6.45, 7) is 1.84. The minimum absolute atomic E-state index is 0.109. The van der Waals surface area contributed by atoms with Gasteiger partial charge in [0.2, 0.25) is 0 Å². The van der Waals surface area contributed by atoms with Crippen molar-refractivity contribution < 1.29 is 19.0 Å². The number of hydrogen-bond acceptors (Lipinski definition) is 4. The van der Waals surface area contributed by atoms with Crippen molar-refractivity contribution in [3.8, 4) is 0 Å². The molecule has 2 heterocycles. The average Bonchev–Trinajstić information content (AvgIpc) is 3.21. The number of rotatable bonds is 5. The third kappa shape index (κ3) is 2.84. The van der Waals surface area contributed by atoms with Gasteiger partial charge in [-0.15, -0.1) is 0 Å². The van der Waals surface area contributed by atoms with Gasteiger partial charge >= 0.3 is 5.97 Å². The molecule has 2 aliphatic rings. The average molecular weight is 234 g/mol. The molecule has 2 aliphatic heterocycles. The van der Waals surface area contributed by atoms with Crippen molar-refractivity contribution in [3.05, 3.63) is 35.4 Å². The van der Waals surface area contributed by atoms with Crippen LogP contribution in [0.15, 0.2) is 24.3 Å². The molecule has 0 N–H and O–H groups in total. The fourth-order valence-corrected chi connectivity index (χ4v) is 1.74. The van der Waals surface area contributed by atoms with Gasteiger partial charge in [-0.3, -0.25) is 0 Å². The topological polar surface area (TPSA) is 51.4 Å². The van der Waals surface area contributed by atoms with E-state index in [4.69, 9.17) is 14.2 Å². The van der Waals surface area contributed by atoms with Crippen molar-refractivity contribution in [1.82, 2.24) is 0 Å². The zero-order chi connectivity index (χ0) is 11.7. The Morgan fingerprint density at radius 2 is 1.94 bits per heavy atom. The van der Waals surface area contributed by atoms with Crippen LogP contribution in [0.1, 0.15) is 15.9 Å². The first-order chi connectivity index (χ1) is 8.33. The van der Waals surface area contributed by atoms with E-state index in [1.54, 1.807) is 6.07 Å². The number of carbonyl (C=O) groups is 1. The van der Waals surface area contributed by atoms with Crippen LogP contribution >= 0.6 is 0 Å². The molecule has 4 heteroatoms. The van der Waals surface area contributed by atoms with Gasteiger partial charge in [0.1, 0.15) is 12.7 Å². The van der Waals surface area contributed by atoms with Crippen LogP contribution in [0, 0.1) is 0 Å². The molecular weight excluding hydrogens is 220 g/mol. The maximum Gasteiger partial charge on any atom is 0.338 e. The van der Waals surface area contributed by atoms with E-state index in [1.165, 1.54) is 0 Å². The summed E-state index contributed by atoms with van der Waals surface area (Å²) in [6, 6.07) is 7.53. The van der Waals surface area contributed by atoms with Crippen molar-refractivity contribution in [2.45, 2.75) is 18.6 Å². The van der Waals surface area contributed by atoms with E-state index < -0.39 is 0 Å². The van der Waals surface area contributed by atoms with Gasteiger partial charge in [0.25, 0.3) is 0 Å². The van der Waals surface area contributed by atoms with Crippen LogP contribution in [0.2, 0.25) is 0 Å². The monoisotopic (exact) mass is 234 g/mol. The molecule has 0 aromatic heterocycles. The van der Waals surface area contributed by atoms with Crippen LogP contribution in [-0.4, -0.2) is 38.0 Å². The summed E-state index contributed by atoms with van der Waals surface area (Å²) >= 11 is 0. The largest absolute Gasteiger partial charge is 0.459 e. The molecule has 4 nitrogen and oxygen atoms in total. The van der Waals surface area contributed by atoms with Crippen molar-refractivity contribution in [2.75, 3.05) is 19.8 Å². The molecule has 0 saturated carbocycles. The summed E-state index contributed by atoms with van der Waals surface area (Å²) in [7, 11) is 0. The molecule has 2 atom stereocenters. The lowest BCUT2D eigenvalue weighted by Gasteiger charge is -2.07. The second-order valence-corrected chi connectivity index (χ2v) is 4.37. The molecule has 0 bridgehead atoms. The van der Waals surface area contributed by atoms with Gasteiger partial charge in [0.15, 0.2) is 0 Å². The molecule has 2 unspecified atom stereocenters. The molecule has 0 spiro atoms. The van der Waals surface area contributed by atoms with E-state index in [1.807, 2.05) is 18.2 Å².